The lowest BCUT2D eigenvalue weighted by atomic mass is 9.82. The molecule has 1 amide bonds. The molecule has 8 heteroatoms. The molecule has 0 atom stereocenters. The van der Waals surface area contributed by atoms with Crippen LogP contribution in [0.3, 0.4) is 0 Å². The maximum absolute atomic E-state index is 12.3. The van der Waals surface area contributed by atoms with Gasteiger partial charge in [0.05, 0.1) is 10.9 Å². The Kier molecular flexibility index (Phi) is 6.99. The fourth-order valence-corrected chi connectivity index (χ4v) is 4.41. The molecule has 0 saturated heterocycles. The van der Waals surface area contributed by atoms with Crippen molar-refractivity contribution in [2.45, 2.75) is 25.7 Å². The minimum atomic E-state index is -0.745. The van der Waals surface area contributed by atoms with Gasteiger partial charge in [-0.2, -0.15) is 0 Å². The number of nitrogens with one attached hydrogen (secondary N) is 1. The molecular formula is C25H24ClNO6. The average Bonchev–Trinajstić information content (AvgIpc) is 2.82. The highest BCUT2D eigenvalue weighted by molar-refractivity contribution is 6.33. The van der Waals surface area contributed by atoms with Gasteiger partial charge >= 0.3 is 11.6 Å². The Bertz CT molecular complexity index is 1210. The van der Waals surface area contributed by atoms with Gasteiger partial charge in [-0.05, 0) is 48.8 Å². The Morgan fingerprint density at radius 1 is 1.09 bits per heavy atom. The first kappa shape index (κ1) is 22.9. The number of benzene rings is 2. The maximum atomic E-state index is 12.3. The second-order valence-corrected chi connectivity index (χ2v) is 8.68. The molecule has 0 aliphatic heterocycles. The lowest BCUT2D eigenvalue weighted by Crippen LogP contribution is -2.35. The fourth-order valence-electron chi connectivity index (χ4n) is 4.20. The van der Waals surface area contributed by atoms with Gasteiger partial charge in [-0.25, -0.2) is 4.79 Å². The van der Waals surface area contributed by atoms with Crippen molar-refractivity contribution in [1.82, 2.24) is 5.32 Å². The highest BCUT2D eigenvalue weighted by atomic mass is 35.5. The van der Waals surface area contributed by atoms with Crippen molar-refractivity contribution in [3.8, 4) is 16.9 Å². The first-order valence-corrected chi connectivity index (χ1v) is 11.2. The summed E-state index contributed by atoms with van der Waals surface area (Å²) >= 11 is 6.40. The summed E-state index contributed by atoms with van der Waals surface area (Å²) in [5.41, 5.74) is 1.38. The molecule has 172 valence electrons. The van der Waals surface area contributed by atoms with Crippen LogP contribution in [0.4, 0.5) is 0 Å². The molecule has 3 aromatic rings. The van der Waals surface area contributed by atoms with E-state index in [0.29, 0.717) is 40.9 Å². The van der Waals surface area contributed by atoms with Crippen LogP contribution in [-0.2, 0) is 9.59 Å². The van der Waals surface area contributed by atoms with E-state index in [2.05, 4.69) is 5.32 Å². The number of rotatable bonds is 7. The third-order valence-electron chi connectivity index (χ3n) is 6.02. The summed E-state index contributed by atoms with van der Waals surface area (Å²) in [6.45, 7) is 0.244. The number of amides is 1. The summed E-state index contributed by atoms with van der Waals surface area (Å²) in [7, 11) is 0. The van der Waals surface area contributed by atoms with Gasteiger partial charge in [0.2, 0.25) is 0 Å². The van der Waals surface area contributed by atoms with Crippen LogP contribution in [0.25, 0.3) is 22.1 Å². The Balaban J connectivity index is 1.40. The van der Waals surface area contributed by atoms with Gasteiger partial charge in [0.15, 0.2) is 6.61 Å². The van der Waals surface area contributed by atoms with Crippen molar-refractivity contribution in [3.63, 3.8) is 0 Å². The van der Waals surface area contributed by atoms with Gasteiger partial charge in [-0.3, -0.25) is 9.59 Å². The quantitative estimate of drug-likeness (QED) is 0.493. The lowest BCUT2D eigenvalue weighted by Gasteiger charge is -2.26. The first-order valence-electron chi connectivity index (χ1n) is 10.9. The number of carbonyl (C=O) groups excluding carboxylic acids is 1. The van der Waals surface area contributed by atoms with Crippen molar-refractivity contribution in [2.75, 3.05) is 13.2 Å². The van der Waals surface area contributed by atoms with Crippen molar-refractivity contribution in [1.29, 1.82) is 0 Å². The van der Waals surface area contributed by atoms with Gasteiger partial charge < -0.3 is 19.6 Å². The van der Waals surface area contributed by atoms with Gasteiger partial charge in [0, 0.05) is 24.1 Å². The van der Waals surface area contributed by atoms with Crippen LogP contribution in [0.1, 0.15) is 25.7 Å². The highest BCUT2D eigenvalue weighted by Gasteiger charge is 2.26. The van der Waals surface area contributed by atoms with E-state index >= 15 is 0 Å². The number of carboxylic acid groups (broad SMARTS) is 1. The number of fused-ring (bicyclic) bond motifs is 1. The minimum Gasteiger partial charge on any atom is -0.482 e. The molecule has 0 bridgehead atoms. The smallest absolute Gasteiger partial charge is 0.336 e. The summed E-state index contributed by atoms with van der Waals surface area (Å²) in [6.07, 6.45) is 2.82. The SMILES string of the molecule is O=C(COc1cc2oc(=O)cc(-c3ccccc3)c2cc1Cl)NCC1CCC(C(=O)O)CC1. The second-order valence-electron chi connectivity index (χ2n) is 8.27. The Labute approximate surface area is 195 Å². The minimum absolute atomic E-state index is 0.238. The van der Waals surface area contributed by atoms with Crippen molar-refractivity contribution < 1.29 is 23.8 Å². The number of halogens is 1. The molecule has 1 aliphatic rings. The molecule has 1 saturated carbocycles. The lowest BCUT2D eigenvalue weighted by molar-refractivity contribution is -0.143. The van der Waals surface area contributed by atoms with Crippen LogP contribution >= 0.6 is 11.6 Å². The van der Waals surface area contributed by atoms with Crippen molar-refractivity contribution in [2.24, 2.45) is 11.8 Å². The van der Waals surface area contributed by atoms with E-state index < -0.39 is 11.6 Å². The van der Waals surface area contributed by atoms with E-state index in [-0.39, 0.29) is 30.1 Å². The van der Waals surface area contributed by atoms with Crippen LogP contribution < -0.4 is 15.7 Å². The van der Waals surface area contributed by atoms with E-state index in [0.717, 1.165) is 18.4 Å². The van der Waals surface area contributed by atoms with Gasteiger partial charge in [-0.1, -0.05) is 41.9 Å². The number of aliphatic carboxylic acids is 1. The van der Waals surface area contributed by atoms with Crippen LogP contribution in [0, 0.1) is 11.8 Å². The van der Waals surface area contributed by atoms with Crippen LogP contribution in [0.15, 0.2) is 57.7 Å². The first-order chi connectivity index (χ1) is 15.9. The fraction of sp³-hybridized carbons (Fsp3) is 0.320. The summed E-state index contributed by atoms with van der Waals surface area (Å²) in [6, 6.07) is 14.0. The molecule has 33 heavy (non-hydrogen) atoms. The normalized spacial score (nSPS) is 18.1. The van der Waals surface area contributed by atoms with E-state index in [1.165, 1.54) is 12.1 Å². The monoisotopic (exact) mass is 469 g/mol. The van der Waals surface area contributed by atoms with Gasteiger partial charge in [-0.15, -0.1) is 0 Å². The molecule has 7 nitrogen and oxygen atoms in total. The molecule has 1 aliphatic carbocycles. The van der Waals surface area contributed by atoms with Crippen molar-refractivity contribution >= 4 is 34.4 Å². The predicted octanol–water partition coefficient (Wildman–Crippen LogP) is 4.50. The summed E-state index contributed by atoms with van der Waals surface area (Å²) in [4.78, 5) is 35.4. The highest BCUT2D eigenvalue weighted by Crippen LogP contribution is 2.35. The van der Waals surface area contributed by atoms with E-state index in [4.69, 9.17) is 25.9 Å². The standard InChI is InChI=1S/C25H24ClNO6/c26-20-10-19-18(16-4-2-1-3-5-16)11-24(29)33-21(19)12-22(20)32-14-23(28)27-13-15-6-8-17(9-7-15)25(30)31/h1-5,10-12,15,17H,6-9,13-14H2,(H,27,28)(H,30,31). The summed E-state index contributed by atoms with van der Waals surface area (Å²) < 4.78 is 10.9. The zero-order chi connectivity index (χ0) is 23.4. The van der Waals surface area contributed by atoms with Crippen molar-refractivity contribution in [3.05, 3.63) is 64.0 Å². The van der Waals surface area contributed by atoms with Gasteiger partial charge in [0.1, 0.15) is 11.3 Å². The van der Waals surface area contributed by atoms with Crippen LogP contribution in [0.2, 0.25) is 5.02 Å². The van der Waals surface area contributed by atoms with Crippen LogP contribution in [0.5, 0.6) is 5.75 Å². The Morgan fingerprint density at radius 3 is 2.52 bits per heavy atom. The average molecular weight is 470 g/mol. The van der Waals surface area contributed by atoms with E-state index in [1.54, 1.807) is 6.07 Å². The summed E-state index contributed by atoms with van der Waals surface area (Å²) in [5.74, 6) is -0.817. The number of carbonyl (C=O) groups is 2. The molecule has 2 aromatic carbocycles. The molecular weight excluding hydrogens is 446 g/mol. The third-order valence-corrected chi connectivity index (χ3v) is 6.32. The number of hydrogen-bond acceptors (Lipinski definition) is 5. The molecule has 0 radical (unpaired) electrons. The molecule has 0 unspecified atom stereocenters. The zero-order valence-electron chi connectivity index (χ0n) is 17.9. The Morgan fingerprint density at radius 2 is 1.82 bits per heavy atom. The van der Waals surface area contributed by atoms with E-state index in [9.17, 15) is 14.4 Å². The molecule has 1 heterocycles. The zero-order valence-corrected chi connectivity index (χ0v) is 18.6. The maximum Gasteiger partial charge on any atom is 0.336 e. The van der Waals surface area contributed by atoms with Gasteiger partial charge in [0.25, 0.3) is 5.91 Å². The molecule has 4 rings (SSSR count). The molecule has 1 fully saturated rings. The molecule has 0 spiro atoms. The number of carboxylic acids is 1. The largest absolute Gasteiger partial charge is 0.482 e. The van der Waals surface area contributed by atoms with Crippen LogP contribution in [-0.4, -0.2) is 30.1 Å². The third kappa shape index (κ3) is 5.54. The Hall–Kier alpha value is -3.32. The topological polar surface area (TPSA) is 106 Å². The number of hydrogen-bond donors (Lipinski definition) is 2. The summed E-state index contributed by atoms with van der Waals surface area (Å²) in [5, 5.41) is 12.9. The van der Waals surface area contributed by atoms with E-state index in [1.807, 2.05) is 30.3 Å². The molecule has 2 N–H and O–H groups in total. The second kappa shape index (κ2) is 10.1. The number of ether oxygens (including phenoxy) is 1. The predicted molar refractivity (Wildman–Crippen MR) is 125 cm³/mol. The molecule has 1 aromatic heterocycles.